The van der Waals surface area contributed by atoms with Crippen molar-refractivity contribution >= 4 is 24.0 Å². The number of thiazole rings is 1. The fourth-order valence-electron chi connectivity index (χ4n) is 1.55. The van der Waals surface area contributed by atoms with Crippen molar-refractivity contribution in [1.29, 1.82) is 0 Å². The van der Waals surface area contributed by atoms with Crippen molar-refractivity contribution in [1.82, 2.24) is 4.98 Å². The van der Waals surface area contributed by atoms with Crippen molar-refractivity contribution in [2.75, 3.05) is 0 Å². The van der Waals surface area contributed by atoms with Crippen molar-refractivity contribution in [3.8, 4) is 0 Å². The van der Waals surface area contributed by atoms with Crippen molar-refractivity contribution in [2.45, 2.75) is 65.3 Å². The molecule has 17 heavy (non-hydrogen) atoms. The molecule has 1 rings (SSSR count). The highest BCUT2D eigenvalue weighted by Gasteiger charge is 2.40. The van der Waals surface area contributed by atoms with E-state index in [1.807, 2.05) is 13.8 Å². The summed E-state index contributed by atoms with van der Waals surface area (Å²) in [5.74, 6) is 0. The van der Waals surface area contributed by atoms with Crippen molar-refractivity contribution in [3.63, 3.8) is 0 Å². The summed E-state index contributed by atoms with van der Waals surface area (Å²) in [6.45, 7) is 17.3. The lowest BCUT2D eigenvalue weighted by atomic mass is 10.1. The van der Waals surface area contributed by atoms with Crippen molar-refractivity contribution in [2.24, 2.45) is 0 Å². The van der Waals surface area contributed by atoms with E-state index in [0.717, 1.165) is 10.6 Å². The number of aryl methyl sites for hydroxylation is 1. The zero-order valence-corrected chi connectivity index (χ0v) is 14.1. The van der Waals surface area contributed by atoms with Crippen LogP contribution in [0.4, 0.5) is 0 Å². The Balaban J connectivity index is 3.28. The summed E-state index contributed by atoms with van der Waals surface area (Å²) in [7, 11) is -1.57. The van der Waals surface area contributed by atoms with Gasteiger partial charge in [-0.05, 0) is 25.8 Å². The monoisotopic (exact) mass is 271 g/mol. The van der Waals surface area contributed by atoms with E-state index in [4.69, 9.17) is 4.98 Å². The summed E-state index contributed by atoms with van der Waals surface area (Å²) in [4.78, 5) is 5.90. The Kier molecular flexibility index (Phi) is 3.65. The fourth-order valence-corrected chi connectivity index (χ4v) is 5.80. The van der Waals surface area contributed by atoms with E-state index >= 15 is 0 Å². The van der Waals surface area contributed by atoms with Crippen LogP contribution >= 0.6 is 11.3 Å². The smallest absolute Gasteiger partial charge is 0.123 e. The summed E-state index contributed by atoms with van der Waals surface area (Å²) in [6.07, 6.45) is 0. The minimum atomic E-state index is -1.57. The number of nitrogens with zero attached hydrogens (tertiary/aromatic N) is 1. The third-order valence-corrected chi connectivity index (χ3v) is 11.3. The molecule has 0 spiro atoms. The van der Waals surface area contributed by atoms with Crippen LogP contribution < -0.4 is 4.63 Å². The minimum absolute atomic E-state index is 0.286. The molecule has 0 fully saturated rings. The number of hydrogen-bond donors (Lipinski definition) is 1. The van der Waals surface area contributed by atoms with E-state index in [-0.39, 0.29) is 5.04 Å². The van der Waals surface area contributed by atoms with E-state index in [1.54, 1.807) is 11.3 Å². The Bertz CT molecular complexity index is 410. The first-order valence-electron chi connectivity index (χ1n) is 6.08. The SMILES string of the molecule is Cc1sc([Si](C)(C)C(C)(C)C)nc1C(C)(C)O. The molecule has 1 aromatic rings. The van der Waals surface area contributed by atoms with Crippen LogP contribution in [0.25, 0.3) is 0 Å². The molecule has 98 valence electrons. The number of hydrogen-bond acceptors (Lipinski definition) is 3. The molecule has 1 heterocycles. The summed E-state index contributed by atoms with van der Waals surface area (Å²) in [5, 5.41) is 10.4. The molecule has 0 aliphatic carbocycles. The second-order valence-corrected chi connectivity index (χ2v) is 13.6. The number of rotatable bonds is 2. The first-order chi connectivity index (χ1) is 7.37. The molecule has 0 aliphatic rings. The first kappa shape index (κ1) is 14.9. The van der Waals surface area contributed by atoms with Gasteiger partial charge in [0.25, 0.3) is 0 Å². The summed E-state index contributed by atoms with van der Waals surface area (Å²) >= 11 is 1.77. The minimum Gasteiger partial charge on any atom is -0.384 e. The fraction of sp³-hybridized carbons (Fsp3) is 0.769. The van der Waals surface area contributed by atoms with E-state index in [1.165, 1.54) is 4.63 Å². The van der Waals surface area contributed by atoms with Crippen LogP contribution in [0.1, 0.15) is 45.2 Å². The molecular weight excluding hydrogens is 246 g/mol. The molecule has 0 unspecified atom stereocenters. The molecule has 0 saturated carbocycles. The van der Waals surface area contributed by atoms with Crippen LogP contribution in [0, 0.1) is 6.92 Å². The molecule has 0 amide bonds. The zero-order valence-electron chi connectivity index (χ0n) is 12.3. The predicted molar refractivity (Wildman–Crippen MR) is 78.9 cm³/mol. The van der Waals surface area contributed by atoms with Gasteiger partial charge in [0.2, 0.25) is 0 Å². The first-order valence-corrected chi connectivity index (χ1v) is 9.90. The van der Waals surface area contributed by atoms with Gasteiger partial charge in [-0.15, -0.1) is 11.3 Å². The zero-order chi connectivity index (χ0) is 13.6. The Morgan fingerprint density at radius 2 is 1.59 bits per heavy atom. The Hall–Kier alpha value is -0.193. The molecule has 1 aromatic heterocycles. The van der Waals surface area contributed by atoms with E-state index < -0.39 is 13.7 Å². The van der Waals surface area contributed by atoms with Gasteiger partial charge in [-0.25, -0.2) is 4.98 Å². The quantitative estimate of drug-likeness (QED) is 0.836. The predicted octanol–water partition coefficient (Wildman–Crippen LogP) is 3.39. The highest BCUT2D eigenvalue weighted by Crippen LogP contribution is 2.37. The van der Waals surface area contributed by atoms with Gasteiger partial charge in [0.05, 0.1) is 10.3 Å². The lowest BCUT2D eigenvalue weighted by Gasteiger charge is -2.34. The van der Waals surface area contributed by atoms with Crippen molar-refractivity contribution < 1.29 is 5.11 Å². The molecule has 0 bridgehead atoms. The van der Waals surface area contributed by atoms with Crippen LogP contribution in [0.15, 0.2) is 0 Å². The van der Waals surface area contributed by atoms with Crippen LogP contribution in [0.2, 0.25) is 18.1 Å². The molecule has 0 saturated heterocycles. The van der Waals surface area contributed by atoms with Crippen molar-refractivity contribution in [3.05, 3.63) is 10.6 Å². The van der Waals surface area contributed by atoms with E-state index in [9.17, 15) is 5.11 Å². The Morgan fingerprint density at radius 1 is 1.12 bits per heavy atom. The molecule has 1 N–H and O–H groups in total. The van der Waals surface area contributed by atoms with Gasteiger partial charge in [-0.1, -0.05) is 33.9 Å². The standard InChI is InChI=1S/C13H25NOSSi/c1-9-10(13(5,6)15)14-11(16-9)17(7,8)12(2,3)4/h15H,1-8H3. The molecule has 4 heteroatoms. The second-order valence-electron chi connectivity index (χ2n) is 6.86. The van der Waals surface area contributed by atoms with Gasteiger partial charge in [-0.2, -0.15) is 0 Å². The third kappa shape index (κ3) is 2.80. The second kappa shape index (κ2) is 4.18. The molecule has 0 aliphatic heterocycles. The van der Waals surface area contributed by atoms with Crippen LogP contribution in [0.5, 0.6) is 0 Å². The largest absolute Gasteiger partial charge is 0.384 e. The van der Waals surface area contributed by atoms with Crippen LogP contribution in [0.3, 0.4) is 0 Å². The molecular formula is C13H25NOSSi. The maximum Gasteiger partial charge on any atom is 0.123 e. The summed E-state index contributed by atoms with van der Waals surface area (Å²) < 4.78 is 1.25. The normalized spacial score (nSPS) is 14.2. The molecule has 0 aromatic carbocycles. The lowest BCUT2D eigenvalue weighted by molar-refractivity contribution is 0.0740. The van der Waals surface area contributed by atoms with Gasteiger partial charge in [0, 0.05) is 4.88 Å². The highest BCUT2D eigenvalue weighted by atomic mass is 32.1. The molecule has 2 nitrogen and oxygen atoms in total. The Morgan fingerprint density at radius 3 is 1.88 bits per heavy atom. The number of aromatic nitrogens is 1. The van der Waals surface area contributed by atoms with Crippen LogP contribution in [-0.2, 0) is 5.60 Å². The van der Waals surface area contributed by atoms with Gasteiger partial charge >= 0.3 is 0 Å². The number of aliphatic hydroxyl groups is 1. The lowest BCUT2D eigenvalue weighted by Crippen LogP contribution is -2.49. The van der Waals surface area contributed by atoms with Gasteiger partial charge < -0.3 is 5.11 Å². The van der Waals surface area contributed by atoms with E-state index in [0.29, 0.717) is 0 Å². The summed E-state index contributed by atoms with van der Waals surface area (Å²) in [6, 6.07) is 0. The average Bonchev–Trinajstić information content (AvgIpc) is 2.44. The Labute approximate surface area is 110 Å². The molecule has 0 atom stereocenters. The maximum absolute atomic E-state index is 10.1. The maximum atomic E-state index is 10.1. The average molecular weight is 272 g/mol. The van der Waals surface area contributed by atoms with Gasteiger partial charge in [0.15, 0.2) is 0 Å². The summed E-state index contributed by atoms with van der Waals surface area (Å²) in [5.41, 5.74) is 0.0172. The topological polar surface area (TPSA) is 33.1 Å². The molecule has 0 radical (unpaired) electrons. The highest BCUT2D eigenvalue weighted by molar-refractivity contribution is 7.26. The van der Waals surface area contributed by atoms with E-state index in [2.05, 4.69) is 40.8 Å². The van der Waals surface area contributed by atoms with Crippen LogP contribution in [-0.4, -0.2) is 18.2 Å². The van der Waals surface area contributed by atoms with Gasteiger partial charge in [-0.3, -0.25) is 0 Å². The third-order valence-electron chi connectivity index (χ3n) is 3.79. The van der Waals surface area contributed by atoms with Gasteiger partial charge in [0.1, 0.15) is 13.7 Å².